The van der Waals surface area contributed by atoms with E-state index in [-0.39, 0.29) is 18.4 Å². The summed E-state index contributed by atoms with van der Waals surface area (Å²) in [4.78, 5) is 20.6. The van der Waals surface area contributed by atoms with E-state index in [0.717, 1.165) is 11.1 Å². The van der Waals surface area contributed by atoms with Gasteiger partial charge in [0, 0.05) is 30.8 Å². The number of hydrogen-bond acceptors (Lipinski definition) is 7. The zero-order chi connectivity index (χ0) is 19.9. The van der Waals surface area contributed by atoms with E-state index in [1.54, 1.807) is 38.7 Å². The van der Waals surface area contributed by atoms with Gasteiger partial charge in [0.15, 0.2) is 11.5 Å². The van der Waals surface area contributed by atoms with E-state index < -0.39 is 0 Å². The third-order valence-electron chi connectivity index (χ3n) is 4.24. The maximum atomic E-state index is 12.2. The molecular weight excluding hydrogens is 360 g/mol. The van der Waals surface area contributed by atoms with Crippen LogP contribution in [0.25, 0.3) is 11.4 Å². The summed E-state index contributed by atoms with van der Waals surface area (Å²) in [5, 5.41) is 6.91. The van der Waals surface area contributed by atoms with Crippen molar-refractivity contribution in [3.05, 3.63) is 54.2 Å². The van der Waals surface area contributed by atoms with Gasteiger partial charge in [0.1, 0.15) is 0 Å². The van der Waals surface area contributed by atoms with Crippen LogP contribution in [-0.4, -0.2) is 35.3 Å². The molecule has 2 aromatic heterocycles. The quantitative estimate of drug-likeness (QED) is 0.639. The van der Waals surface area contributed by atoms with Gasteiger partial charge in [-0.25, -0.2) is 0 Å². The number of nitrogens with one attached hydrogen (secondary N) is 1. The van der Waals surface area contributed by atoms with Gasteiger partial charge in [-0.1, -0.05) is 11.2 Å². The molecule has 0 saturated heterocycles. The molecule has 0 radical (unpaired) electrons. The summed E-state index contributed by atoms with van der Waals surface area (Å²) in [6, 6.07) is 9.01. The molecule has 8 nitrogen and oxygen atoms in total. The van der Waals surface area contributed by atoms with Gasteiger partial charge < -0.3 is 19.3 Å². The number of benzene rings is 1. The third-order valence-corrected chi connectivity index (χ3v) is 4.24. The summed E-state index contributed by atoms with van der Waals surface area (Å²) < 4.78 is 15.8. The molecule has 0 fully saturated rings. The molecule has 0 aliphatic rings. The molecule has 3 rings (SSSR count). The monoisotopic (exact) mass is 382 g/mol. The summed E-state index contributed by atoms with van der Waals surface area (Å²) in [5.74, 6) is 1.93. The van der Waals surface area contributed by atoms with Crippen molar-refractivity contribution in [1.82, 2.24) is 20.4 Å². The van der Waals surface area contributed by atoms with Crippen LogP contribution in [0.2, 0.25) is 0 Å². The highest BCUT2D eigenvalue weighted by Gasteiger charge is 2.14. The minimum atomic E-state index is -0.119. The Labute approximate surface area is 162 Å². The highest BCUT2D eigenvalue weighted by Crippen LogP contribution is 2.31. The van der Waals surface area contributed by atoms with E-state index in [0.29, 0.717) is 29.6 Å². The highest BCUT2D eigenvalue weighted by molar-refractivity contribution is 5.76. The first-order valence-corrected chi connectivity index (χ1v) is 8.85. The van der Waals surface area contributed by atoms with Gasteiger partial charge in [0.25, 0.3) is 0 Å². The molecule has 0 spiro atoms. The number of aromatic nitrogens is 3. The smallest absolute Gasteiger partial charge is 0.227 e. The summed E-state index contributed by atoms with van der Waals surface area (Å²) in [6.07, 6.45) is 4.03. The van der Waals surface area contributed by atoms with Gasteiger partial charge in [0.2, 0.25) is 17.6 Å². The number of carbonyl (C=O) groups is 1. The van der Waals surface area contributed by atoms with Crippen molar-refractivity contribution in [2.45, 2.75) is 25.8 Å². The predicted octanol–water partition coefficient (Wildman–Crippen LogP) is 2.96. The predicted molar refractivity (Wildman–Crippen MR) is 102 cm³/mol. The van der Waals surface area contributed by atoms with Crippen molar-refractivity contribution >= 4 is 5.91 Å². The maximum absolute atomic E-state index is 12.2. The van der Waals surface area contributed by atoms with Crippen LogP contribution in [0.5, 0.6) is 11.5 Å². The molecule has 2 heterocycles. The molecule has 0 aliphatic carbocycles. The van der Waals surface area contributed by atoms with E-state index in [4.69, 9.17) is 14.0 Å². The van der Waals surface area contributed by atoms with Crippen molar-refractivity contribution in [1.29, 1.82) is 0 Å². The molecule has 1 unspecified atom stereocenters. The number of hydrogen-bond donors (Lipinski definition) is 1. The fourth-order valence-corrected chi connectivity index (χ4v) is 2.70. The average molecular weight is 382 g/mol. The fraction of sp³-hybridized carbons (Fsp3) is 0.300. The van der Waals surface area contributed by atoms with Gasteiger partial charge in [0.05, 0.1) is 20.3 Å². The van der Waals surface area contributed by atoms with E-state index in [1.807, 2.05) is 25.1 Å². The number of carbonyl (C=O) groups excluding carboxylic acids is 1. The number of amides is 1. The minimum Gasteiger partial charge on any atom is -0.493 e. The number of ether oxygens (including phenoxy) is 2. The van der Waals surface area contributed by atoms with Crippen LogP contribution in [-0.2, 0) is 11.2 Å². The Kier molecular flexibility index (Phi) is 6.21. The first-order valence-electron chi connectivity index (χ1n) is 8.85. The molecule has 0 saturated carbocycles. The second kappa shape index (κ2) is 8.98. The number of pyridine rings is 1. The molecule has 0 bridgehead atoms. The fourth-order valence-electron chi connectivity index (χ4n) is 2.70. The van der Waals surface area contributed by atoms with Gasteiger partial charge >= 0.3 is 0 Å². The van der Waals surface area contributed by atoms with Crippen molar-refractivity contribution < 1.29 is 18.8 Å². The Balaban J connectivity index is 1.58. The molecular formula is C20H22N4O4. The van der Waals surface area contributed by atoms with Crippen LogP contribution in [0.1, 0.15) is 30.8 Å². The lowest BCUT2D eigenvalue weighted by atomic mass is 10.1. The standard InChI is InChI=1S/C20H22N4O4/c1-13(15-5-4-10-21-12-15)22-18(25)8-9-19-23-20(24-28-19)14-6-7-16(26-2)17(11-14)27-3/h4-7,10-13H,8-9H2,1-3H3,(H,22,25). The van der Waals surface area contributed by atoms with Crippen LogP contribution in [0.15, 0.2) is 47.2 Å². The van der Waals surface area contributed by atoms with Crippen molar-refractivity contribution in [2.24, 2.45) is 0 Å². The van der Waals surface area contributed by atoms with E-state index in [2.05, 4.69) is 20.4 Å². The maximum Gasteiger partial charge on any atom is 0.227 e. The van der Waals surface area contributed by atoms with Crippen molar-refractivity contribution in [3.8, 4) is 22.9 Å². The Morgan fingerprint density at radius 2 is 2.04 bits per heavy atom. The van der Waals surface area contributed by atoms with E-state index in [9.17, 15) is 4.79 Å². The lowest BCUT2D eigenvalue weighted by molar-refractivity contribution is -0.121. The second-order valence-corrected chi connectivity index (χ2v) is 6.16. The zero-order valence-corrected chi connectivity index (χ0v) is 16.0. The highest BCUT2D eigenvalue weighted by atomic mass is 16.5. The van der Waals surface area contributed by atoms with E-state index in [1.165, 1.54) is 0 Å². The van der Waals surface area contributed by atoms with Gasteiger partial charge in [-0.2, -0.15) is 4.98 Å². The number of rotatable bonds is 8. The molecule has 1 aromatic carbocycles. The largest absolute Gasteiger partial charge is 0.493 e. The molecule has 1 atom stereocenters. The Bertz CT molecular complexity index is 927. The van der Waals surface area contributed by atoms with Gasteiger partial charge in [-0.05, 0) is 36.8 Å². The molecule has 28 heavy (non-hydrogen) atoms. The Morgan fingerprint density at radius 1 is 1.21 bits per heavy atom. The number of aryl methyl sites for hydroxylation is 1. The normalized spacial score (nSPS) is 11.7. The summed E-state index contributed by atoms with van der Waals surface area (Å²) >= 11 is 0. The van der Waals surface area contributed by atoms with Crippen LogP contribution < -0.4 is 14.8 Å². The zero-order valence-electron chi connectivity index (χ0n) is 16.0. The molecule has 8 heteroatoms. The summed E-state index contributed by atoms with van der Waals surface area (Å²) in [7, 11) is 3.14. The van der Waals surface area contributed by atoms with E-state index >= 15 is 0 Å². The van der Waals surface area contributed by atoms with Gasteiger partial charge in [-0.3, -0.25) is 9.78 Å². The van der Waals surface area contributed by atoms with Crippen LogP contribution in [0.3, 0.4) is 0 Å². The first-order chi connectivity index (χ1) is 13.6. The SMILES string of the molecule is COc1ccc(-c2noc(CCC(=O)NC(C)c3cccnc3)n2)cc1OC. The third kappa shape index (κ3) is 4.64. The van der Waals surface area contributed by atoms with Crippen molar-refractivity contribution in [2.75, 3.05) is 14.2 Å². The Morgan fingerprint density at radius 3 is 2.75 bits per heavy atom. The number of methoxy groups -OCH3 is 2. The van der Waals surface area contributed by atoms with Gasteiger partial charge in [-0.15, -0.1) is 0 Å². The molecule has 3 aromatic rings. The summed E-state index contributed by atoms with van der Waals surface area (Å²) in [5.41, 5.74) is 1.69. The molecule has 1 N–H and O–H groups in total. The van der Waals surface area contributed by atoms with Crippen LogP contribution in [0.4, 0.5) is 0 Å². The molecule has 1 amide bonds. The molecule has 0 aliphatic heterocycles. The lowest BCUT2D eigenvalue weighted by Crippen LogP contribution is -2.26. The van der Waals surface area contributed by atoms with Crippen molar-refractivity contribution in [3.63, 3.8) is 0 Å². The lowest BCUT2D eigenvalue weighted by Gasteiger charge is -2.13. The number of nitrogens with zero attached hydrogens (tertiary/aromatic N) is 3. The molecule has 146 valence electrons. The summed E-state index contributed by atoms with van der Waals surface area (Å²) in [6.45, 7) is 1.91. The first kappa shape index (κ1) is 19.3. The minimum absolute atomic E-state index is 0.0952. The van der Waals surface area contributed by atoms with Crippen LogP contribution >= 0.6 is 0 Å². The average Bonchev–Trinajstić information content (AvgIpc) is 3.21. The second-order valence-electron chi connectivity index (χ2n) is 6.16. The topological polar surface area (TPSA) is 99.4 Å². The van der Waals surface area contributed by atoms with Crippen LogP contribution in [0, 0.1) is 0 Å². The Hall–Kier alpha value is -3.42.